The van der Waals surface area contributed by atoms with Gasteiger partial charge in [0.2, 0.25) is 0 Å². The molecule has 1 rings (SSSR count). The van der Waals surface area contributed by atoms with Crippen molar-refractivity contribution in [2.24, 2.45) is 5.73 Å². The summed E-state index contributed by atoms with van der Waals surface area (Å²) in [5, 5.41) is 0.432. The first-order valence-electron chi connectivity index (χ1n) is 6.10. The molecule has 19 heavy (non-hydrogen) atoms. The molecule has 0 saturated carbocycles. The minimum atomic E-state index is -0.784. The lowest BCUT2D eigenvalue weighted by Gasteiger charge is -2.26. The van der Waals surface area contributed by atoms with E-state index in [9.17, 15) is 4.79 Å². The molecular weight excluding hydrogens is 326 g/mol. The third-order valence-electron chi connectivity index (χ3n) is 2.39. The highest BCUT2D eigenvalue weighted by atomic mass is 79.9. The van der Waals surface area contributed by atoms with Crippen molar-refractivity contribution in [1.29, 1.82) is 0 Å². The van der Waals surface area contributed by atoms with Gasteiger partial charge in [-0.15, -0.1) is 11.8 Å². The van der Waals surface area contributed by atoms with E-state index in [0.717, 1.165) is 14.9 Å². The second-order valence-electron chi connectivity index (χ2n) is 5.59. The molecule has 1 aromatic rings. The third kappa shape index (κ3) is 4.42. The molecule has 0 unspecified atom stereocenters. The van der Waals surface area contributed by atoms with Gasteiger partial charge in [0, 0.05) is 20.2 Å². The van der Waals surface area contributed by atoms with Crippen LogP contribution in [0.25, 0.3) is 0 Å². The average molecular weight is 346 g/mol. The van der Waals surface area contributed by atoms with E-state index in [4.69, 9.17) is 10.5 Å². The predicted octanol–water partition coefficient (Wildman–Crippen LogP) is 4.70. The van der Waals surface area contributed by atoms with Crippen molar-refractivity contribution < 1.29 is 9.53 Å². The number of amides is 1. The molecule has 106 valence electrons. The summed E-state index contributed by atoms with van der Waals surface area (Å²) in [5.74, 6) is 0.534. The average Bonchev–Trinajstić information content (AvgIpc) is 2.19. The number of hydrogen-bond donors (Lipinski definition) is 1. The molecule has 0 heterocycles. The van der Waals surface area contributed by atoms with Crippen LogP contribution in [0.15, 0.2) is 21.5 Å². The van der Waals surface area contributed by atoms with Crippen LogP contribution >= 0.6 is 27.7 Å². The molecule has 0 fully saturated rings. The third-order valence-corrected chi connectivity index (χ3v) is 4.44. The molecule has 0 aliphatic heterocycles. The highest BCUT2D eigenvalue weighted by Gasteiger charge is 2.26. The van der Waals surface area contributed by atoms with Gasteiger partial charge in [0.1, 0.15) is 5.75 Å². The topological polar surface area (TPSA) is 52.3 Å². The normalized spacial score (nSPS) is 11.7. The van der Waals surface area contributed by atoms with E-state index in [0.29, 0.717) is 11.0 Å². The highest BCUT2D eigenvalue weighted by molar-refractivity contribution is 9.10. The fourth-order valence-electron chi connectivity index (χ4n) is 1.79. The summed E-state index contributed by atoms with van der Waals surface area (Å²) in [6.45, 7) is 10.5. The first-order valence-corrected chi connectivity index (χ1v) is 7.77. The molecule has 0 aromatic heterocycles. The Bertz CT molecular complexity index is 481. The van der Waals surface area contributed by atoms with Crippen molar-refractivity contribution in [3.8, 4) is 5.75 Å². The van der Waals surface area contributed by atoms with E-state index in [1.54, 1.807) is 17.8 Å². The quantitative estimate of drug-likeness (QED) is 0.807. The fourth-order valence-corrected chi connectivity index (χ4v) is 3.58. The lowest BCUT2D eigenvalue weighted by atomic mass is 9.86. The first kappa shape index (κ1) is 16.4. The van der Waals surface area contributed by atoms with Crippen LogP contribution in [0, 0.1) is 0 Å². The zero-order chi connectivity index (χ0) is 14.8. The lowest BCUT2D eigenvalue weighted by Crippen LogP contribution is -2.21. The number of primary amides is 1. The number of carbonyl (C=O) groups excluding carboxylic acids is 1. The predicted molar refractivity (Wildman–Crippen MR) is 84.0 cm³/mol. The Morgan fingerprint density at radius 2 is 1.95 bits per heavy atom. The molecule has 1 aromatic carbocycles. The minimum absolute atomic E-state index is 0.147. The molecule has 0 spiro atoms. The Labute approximate surface area is 127 Å². The zero-order valence-corrected chi connectivity index (χ0v) is 14.3. The number of halogens is 1. The van der Waals surface area contributed by atoms with Crippen LogP contribution < -0.4 is 10.5 Å². The van der Waals surface area contributed by atoms with E-state index >= 15 is 0 Å². The van der Waals surface area contributed by atoms with Gasteiger partial charge in [-0.1, -0.05) is 34.6 Å². The summed E-state index contributed by atoms with van der Waals surface area (Å²) < 4.78 is 6.16. The second kappa shape index (κ2) is 6.18. The molecule has 1 amide bonds. The van der Waals surface area contributed by atoms with Crippen LogP contribution in [0.1, 0.15) is 40.2 Å². The van der Waals surface area contributed by atoms with Gasteiger partial charge in [0.05, 0.1) is 0 Å². The Balaban J connectivity index is 3.45. The van der Waals surface area contributed by atoms with Gasteiger partial charge >= 0.3 is 6.09 Å². The van der Waals surface area contributed by atoms with Gasteiger partial charge in [0.25, 0.3) is 0 Å². The lowest BCUT2D eigenvalue weighted by molar-refractivity contribution is 0.209. The van der Waals surface area contributed by atoms with Crippen molar-refractivity contribution in [2.75, 3.05) is 0 Å². The fraction of sp³-hybridized carbons (Fsp3) is 0.500. The van der Waals surface area contributed by atoms with Crippen molar-refractivity contribution in [3.63, 3.8) is 0 Å². The number of benzene rings is 1. The number of hydrogen-bond acceptors (Lipinski definition) is 3. The highest BCUT2D eigenvalue weighted by Crippen LogP contribution is 2.44. The zero-order valence-electron chi connectivity index (χ0n) is 11.9. The van der Waals surface area contributed by atoms with Crippen LogP contribution in [0.4, 0.5) is 4.79 Å². The van der Waals surface area contributed by atoms with Crippen LogP contribution in [0.3, 0.4) is 0 Å². The second-order valence-corrected chi connectivity index (χ2v) is 8.03. The molecule has 2 N–H and O–H groups in total. The van der Waals surface area contributed by atoms with E-state index < -0.39 is 6.09 Å². The number of rotatable bonds is 3. The maximum absolute atomic E-state index is 11.0. The van der Waals surface area contributed by atoms with E-state index in [1.807, 2.05) is 6.07 Å². The molecule has 0 saturated heterocycles. The summed E-state index contributed by atoms with van der Waals surface area (Å²) >= 11 is 5.32. The molecular formula is C14H20BrNO2S. The van der Waals surface area contributed by atoms with E-state index in [-0.39, 0.29) is 5.41 Å². The number of thioether (sulfide) groups is 1. The van der Waals surface area contributed by atoms with Gasteiger partial charge in [-0.05, 0) is 33.5 Å². The molecule has 0 atom stereocenters. The molecule has 0 bridgehead atoms. The standard InChI is InChI=1S/C14H20BrNO2S/c1-8(2)19-12-9(15)6-7-10(18-13(16)17)11(12)14(3,4)5/h6-8H,1-5H3,(H2,16,17). The molecule has 0 aliphatic carbocycles. The van der Waals surface area contributed by atoms with Crippen LogP contribution in [-0.4, -0.2) is 11.3 Å². The SMILES string of the molecule is CC(C)Sc1c(Br)ccc(OC(N)=O)c1C(C)(C)C. The Kier molecular flexibility index (Phi) is 5.33. The number of nitrogens with two attached hydrogens (primary N) is 1. The maximum Gasteiger partial charge on any atom is 0.409 e. The maximum atomic E-state index is 11.0. The van der Waals surface area contributed by atoms with Crippen molar-refractivity contribution in [3.05, 3.63) is 22.2 Å². The van der Waals surface area contributed by atoms with Gasteiger partial charge in [-0.25, -0.2) is 4.79 Å². The summed E-state index contributed by atoms with van der Waals surface area (Å²) in [6, 6.07) is 3.66. The van der Waals surface area contributed by atoms with Crippen LogP contribution in [-0.2, 0) is 5.41 Å². The summed E-state index contributed by atoms with van der Waals surface area (Å²) in [4.78, 5) is 12.1. The Hall–Kier alpha value is -0.680. The molecule has 3 nitrogen and oxygen atoms in total. The van der Waals surface area contributed by atoms with Gasteiger partial charge < -0.3 is 10.5 Å². The van der Waals surface area contributed by atoms with Gasteiger partial charge in [0.15, 0.2) is 0 Å². The van der Waals surface area contributed by atoms with Crippen molar-refractivity contribution >= 4 is 33.8 Å². The van der Waals surface area contributed by atoms with Gasteiger partial charge in [-0.3, -0.25) is 0 Å². The molecule has 0 aliphatic rings. The Morgan fingerprint density at radius 1 is 1.37 bits per heavy atom. The summed E-state index contributed by atoms with van der Waals surface area (Å²) in [5.41, 5.74) is 6.00. The summed E-state index contributed by atoms with van der Waals surface area (Å²) in [7, 11) is 0. The Morgan fingerprint density at radius 3 is 2.37 bits per heavy atom. The largest absolute Gasteiger partial charge is 0.410 e. The monoisotopic (exact) mass is 345 g/mol. The van der Waals surface area contributed by atoms with Crippen LogP contribution in [0.2, 0.25) is 0 Å². The molecule has 5 heteroatoms. The van der Waals surface area contributed by atoms with E-state index in [1.165, 1.54) is 0 Å². The molecule has 0 radical (unpaired) electrons. The number of carbonyl (C=O) groups is 1. The smallest absolute Gasteiger partial charge is 0.409 e. The van der Waals surface area contributed by atoms with Crippen molar-refractivity contribution in [1.82, 2.24) is 0 Å². The van der Waals surface area contributed by atoms with Gasteiger partial charge in [-0.2, -0.15) is 0 Å². The van der Waals surface area contributed by atoms with Crippen LogP contribution in [0.5, 0.6) is 5.75 Å². The number of ether oxygens (including phenoxy) is 1. The summed E-state index contributed by atoms with van der Waals surface area (Å²) in [6.07, 6.45) is -0.784. The first-order chi connectivity index (χ1) is 8.62. The minimum Gasteiger partial charge on any atom is -0.410 e. The van der Waals surface area contributed by atoms with Crippen molar-refractivity contribution in [2.45, 2.75) is 50.2 Å². The van der Waals surface area contributed by atoms with E-state index in [2.05, 4.69) is 50.5 Å².